The average Bonchev–Trinajstić information content (AvgIpc) is 2.25. The molecule has 0 radical (unpaired) electrons. The molecule has 1 atom stereocenters. The molecule has 0 aliphatic carbocycles. The van der Waals surface area contributed by atoms with Crippen LogP contribution in [0.4, 0.5) is 0 Å². The minimum absolute atomic E-state index is 0.323. The van der Waals surface area contributed by atoms with Gasteiger partial charge in [-0.3, -0.25) is 4.98 Å². The molecule has 0 fully saturated rings. The summed E-state index contributed by atoms with van der Waals surface area (Å²) in [5.74, 6) is 0.572. The van der Waals surface area contributed by atoms with Gasteiger partial charge in [-0.1, -0.05) is 18.2 Å². The van der Waals surface area contributed by atoms with Crippen LogP contribution in [0.5, 0.6) is 0 Å². The van der Waals surface area contributed by atoms with Gasteiger partial charge in [-0.15, -0.1) is 11.6 Å². The van der Waals surface area contributed by atoms with Crippen molar-refractivity contribution in [2.75, 3.05) is 12.4 Å². The number of nitrogens with one attached hydrogen (secondary N) is 1. The lowest BCUT2D eigenvalue weighted by molar-refractivity contribution is 0.615. The topological polar surface area (TPSA) is 24.9 Å². The minimum atomic E-state index is 0.323. The first-order valence-electron chi connectivity index (χ1n) is 4.69. The van der Waals surface area contributed by atoms with Gasteiger partial charge in [0.2, 0.25) is 0 Å². The molecule has 0 unspecified atom stereocenters. The third-order valence-electron chi connectivity index (χ3n) is 1.98. The Morgan fingerprint density at radius 2 is 2.43 bits per heavy atom. The van der Waals surface area contributed by atoms with Crippen LogP contribution < -0.4 is 5.32 Å². The van der Waals surface area contributed by atoms with E-state index in [0.29, 0.717) is 11.9 Å². The van der Waals surface area contributed by atoms with Crippen molar-refractivity contribution < 1.29 is 0 Å². The first kappa shape index (κ1) is 11.2. The van der Waals surface area contributed by atoms with E-state index in [1.54, 1.807) is 6.20 Å². The van der Waals surface area contributed by atoms with E-state index in [0.717, 1.165) is 6.54 Å². The molecule has 1 aromatic heterocycles. The second kappa shape index (κ2) is 6.57. The van der Waals surface area contributed by atoms with Gasteiger partial charge in [0.05, 0.1) is 0 Å². The monoisotopic (exact) mass is 210 g/mol. The van der Waals surface area contributed by atoms with Crippen molar-refractivity contribution in [2.24, 2.45) is 0 Å². The van der Waals surface area contributed by atoms with Crippen LogP contribution in [-0.2, 0) is 0 Å². The van der Waals surface area contributed by atoms with E-state index in [4.69, 9.17) is 11.6 Å². The highest BCUT2D eigenvalue weighted by molar-refractivity contribution is 6.18. The Morgan fingerprint density at radius 1 is 1.57 bits per heavy atom. The Bertz CT molecular complexity index is 272. The Labute approximate surface area is 90.0 Å². The summed E-state index contributed by atoms with van der Waals surface area (Å²) in [5.41, 5.74) is 1.20. The predicted molar refractivity (Wildman–Crippen MR) is 60.5 cm³/mol. The normalized spacial score (nSPS) is 13.3. The lowest BCUT2D eigenvalue weighted by atomic mass is 10.1. The van der Waals surface area contributed by atoms with Crippen LogP contribution in [-0.4, -0.2) is 17.4 Å². The van der Waals surface area contributed by atoms with Crippen LogP contribution >= 0.6 is 11.6 Å². The van der Waals surface area contributed by atoms with Crippen molar-refractivity contribution in [3.63, 3.8) is 0 Å². The number of pyridine rings is 1. The summed E-state index contributed by atoms with van der Waals surface area (Å²) in [6.07, 6.45) is 7.62. The lowest BCUT2D eigenvalue weighted by Gasteiger charge is -2.11. The molecule has 0 aliphatic heterocycles. The van der Waals surface area contributed by atoms with Gasteiger partial charge >= 0.3 is 0 Å². The lowest BCUT2D eigenvalue weighted by Crippen LogP contribution is -2.18. The summed E-state index contributed by atoms with van der Waals surface area (Å²) < 4.78 is 0. The van der Waals surface area contributed by atoms with Gasteiger partial charge in [-0.2, -0.15) is 0 Å². The maximum absolute atomic E-state index is 5.51. The fourth-order valence-corrected chi connectivity index (χ4v) is 1.27. The van der Waals surface area contributed by atoms with Crippen LogP contribution in [0.2, 0.25) is 0 Å². The van der Waals surface area contributed by atoms with E-state index < -0.39 is 0 Å². The van der Waals surface area contributed by atoms with Crippen molar-refractivity contribution in [3.05, 3.63) is 42.2 Å². The van der Waals surface area contributed by atoms with Crippen molar-refractivity contribution in [3.8, 4) is 0 Å². The van der Waals surface area contributed by atoms with Gasteiger partial charge in [0.1, 0.15) is 0 Å². The van der Waals surface area contributed by atoms with Crippen LogP contribution in [0.3, 0.4) is 0 Å². The van der Waals surface area contributed by atoms with Gasteiger partial charge in [0, 0.05) is 30.9 Å². The number of allylic oxidation sites excluding steroid dienone is 1. The summed E-state index contributed by atoms with van der Waals surface area (Å²) in [7, 11) is 0. The highest BCUT2D eigenvalue weighted by Gasteiger charge is 2.01. The van der Waals surface area contributed by atoms with E-state index in [1.165, 1.54) is 5.56 Å². The molecule has 0 saturated heterocycles. The van der Waals surface area contributed by atoms with E-state index >= 15 is 0 Å². The van der Waals surface area contributed by atoms with Crippen LogP contribution in [0.25, 0.3) is 0 Å². The van der Waals surface area contributed by atoms with E-state index in [2.05, 4.69) is 23.3 Å². The van der Waals surface area contributed by atoms with Crippen molar-refractivity contribution >= 4 is 11.6 Å². The molecule has 76 valence electrons. The van der Waals surface area contributed by atoms with Crippen molar-refractivity contribution in [1.29, 1.82) is 0 Å². The zero-order valence-corrected chi connectivity index (χ0v) is 9.04. The first-order valence-corrected chi connectivity index (χ1v) is 5.22. The van der Waals surface area contributed by atoms with Gasteiger partial charge in [0.25, 0.3) is 0 Å². The van der Waals surface area contributed by atoms with E-state index in [9.17, 15) is 0 Å². The van der Waals surface area contributed by atoms with Crippen LogP contribution in [0.15, 0.2) is 36.7 Å². The molecule has 2 nitrogen and oxygen atoms in total. The molecule has 1 heterocycles. The number of halogens is 1. The van der Waals surface area contributed by atoms with E-state index in [1.807, 2.05) is 24.4 Å². The highest BCUT2D eigenvalue weighted by Crippen LogP contribution is 2.08. The summed E-state index contributed by atoms with van der Waals surface area (Å²) in [6, 6.07) is 4.33. The number of aromatic nitrogens is 1. The number of hydrogen-bond acceptors (Lipinski definition) is 2. The Hall–Kier alpha value is -0.860. The number of rotatable bonds is 5. The Kier molecular flexibility index (Phi) is 5.27. The molecule has 3 heteroatoms. The summed E-state index contributed by atoms with van der Waals surface area (Å²) in [5, 5.41) is 3.35. The molecule has 0 aliphatic rings. The average molecular weight is 211 g/mol. The molecular weight excluding hydrogens is 196 g/mol. The predicted octanol–water partition coefficient (Wildman–Crippen LogP) is 2.53. The second-order valence-electron chi connectivity index (χ2n) is 3.04. The molecular formula is C11H15ClN2. The SMILES string of the molecule is C[C@H](NC/C=C/CCl)c1cccnc1. The van der Waals surface area contributed by atoms with Crippen molar-refractivity contribution in [1.82, 2.24) is 10.3 Å². The van der Waals surface area contributed by atoms with Gasteiger partial charge in [0.15, 0.2) is 0 Å². The maximum atomic E-state index is 5.51. The largest absolute Gasteiger partial charge is 0.307 e. The molecule has 14 heavy (non-hydrogen) atoms. The quantitative estimate of drug-likeness (QED) is 0.597. The molecule has 0 saturated carbocycles. The number of alkyl halides is 1. The smallest absolute Gasteiger partial charge is 0.0404 e. The summed E-state index contributed by atoms with van der Waals surface area (Å²) >= 11 is 5.51. The highest BCUT2D eigenvalue weighted by atomic mass is 35.5. The van der Waals surface area contributed by atoms with Crippen molar-refractivity contribution in [2.45, 2.75) is 13.0 Å². The van der Waals surface area contributed by atoms with Gasteiger partial charge < -0.3 is 5.32 Å². The van der Waals surface area contributed by atoms with Gasteiger partial charge in [-0.25, -0.2) is 0 Å². The summed E-state index contributed by atoms with van der Waals surface area (Å²) in [6.45, 7) is 2.95. The molecule has 0 aromatic carbocycles. The Balaban J connectivity index is 2.36. The summed E-state index contributed by atoms with van der Waals surface area (Å²) in [4.78, 5) is 4.07. The van der Waals surface area contributed by atoms with Crippen LogP contribution in [0, 0.1) is 0 Å². The second-order valence-corrected chi connectivity index (χ2v) is 3.35. The first-order chi connectivity index (χ1) is 6.84. The molecule has 1 N–H and O–H groups in total. The molecule has 0 amide bonds. The van der Waals surface area contributed by atoms with E-state index in [-0.39, 0.29) is 0 Å². The maximum Gasteiger partial charge on any atom is 0.0404 e. The molecule has 0 bridgehead atoms. The minimum Gasteiger partial charge on any atom is -0.307 e. The van der Waals surface area contributed by atoms with Crippen LogP contribution in [0.1, 0.15) is 18.5 Å². The number of nitrogens with zero attached hydrogens (tertiary/aromatic N) is 1. The third kappa shape index (κ3) is 3.90. The Morgan fingerprint density at radius 3 is 3.07 bits per heavy atom. The van der Waals surface area contributed by atoms with Gasteiger partial charge in [-0.05, 0) is 18.6 Å². The third-order valence-corrected chi connectivity index (χ3v) is 2.16. The molecule has 0 spiro atoms. The molecule has 1 aromatic rings. The standard InChI is InChI=1S/C11H15ClN2/c1-10(14-8-3-2-6-12)11-5-4-7-13-9-11/h2-5,7,9-10,14H,6,8H2,1H3/b3-2+/t10-/m0/s1. The fraction of sp³-hybridized carbons (Fsp3) is 0.364. The zero-order chi connectivity index (χ0) is 10.2. The number of hydrogen-bond donors (Lipinski definition) is 1. The fourth-order valence-electron chi connectivity index (χ4n) is 1.14. The molecule has 1 rings (SSSR count). The zero-order valence-electron chi connectivity index (χ0n) is 8.28.